The Morgan fingerprint density at radius 2 is 2.26 bits per heavy atom. The van der Waals surface area contributed by atoms with E-state index in [4.69, 9.17) is 0 Å². The van der Waals surface area contributed by atoms with Crippen molar-refractivity contribution in [2.45, 2.75) is 26.4 Å². The summed E-state index contributed by atoms with van der Waals surface area (Å²) in [5, 5.41) is 14.9. The largest absolute Gasteiger partial charge is 0.337 e. The van der Waals surface area contributed by atoms with E-state index in [-0.39, 0.29) is 16.7 Å². The summed E-state index contributed by atoms with van der Waals surface area (Å²) in [6.07, 6.45) is 0. The maximum atomic E-state index is 11.5. The molecule has 0 bridgehead atoms. The number of hydrogen-bond donors (Lipinski definition) is 1. The first kappa shape index (κ1) is 16.7. The van der Waals surface area contributed by atoms with Gasteiger partial charge in [0.25, 0.3) is 0 Å². The molecule has 2 aromatic rings. The minimum Gasteiger partial charge on any atom is -0.337 e. The lowest BCUT2D eigenvalue weighted by Gasteiger charge is -2.34. The van der Waals surface area contributed by atoms with E-state index in [1.54, 1.807) is 0 Å². The number of nitro groups is 1. The molecular formula is C14H17Br2N5O2. The Bertz CT molecular complexity index is 776. The third-order valence-electron chi connectivity index (χ3n) is 4.15. The molecule has 2 heterocycles. The summed E-state index contributed by atoms with van der Waals surface area (Å²) in [6, 6.07) is 2.18. The molecule has 23 heavy (non-hydrogen) atoms. The van der Waals surface area contributed by atoms with Crippen LogP contribution in [0.15, 0.2) is 15.0 Å². The first-order valence-electron chi connectivity index (χ1n) is 7.45. The van der Waals surface area contributed by atoms with E-state index in [1.807, 2.05) is 17.6 Å². The Balaban J connectivity index is 2.28. The van der Waals surface area contributed by atoms with Gasteiger partial charge in [0.2, 0.25) is 5.95 Å². The molecular weight excluding hydrogens is 430 g/mol. The van der Waals surface area contributed by atoms with E-state index >= 15 is 0 Å². The van der Waals surface area contributed by atoms with Gasteiger partial charge >= 0.3 is 5.69 Å². The number of nitrogens with one attached hydrogen (secondary N) is 1. The highest BCUT2D eigenvalue weighted by molar-refractivity contribution is 9.13. The summed E-state index contributed by atoms with van der Waals surface area (Å²) in [4.78, 5) is 18.0. The topological polar surface area (TPSA) is 76.2 Å². The van der Waals surface area contributed by atoms with Crippen LogP contribution in [0.5, 0.6) is 0 Å². The van der Waals surface area contributed by atoms with Gasteiger partial charge in [0, 0.05) is 36.7 Å². The van der Waals surface area contributed by atoms with Gasteiger partial charge in [0.1, 0.15) is 4.47 Å². The van der Waals surface area contributed by atoms with Crippen molar-refractivity contribution in [1.82, 2.24) is 14.9 Å². The molecule has 124 valence electrons. The van der Waals surface area contributed by atoms with Gasteiger partial charge in [-0.05, 0) is 51.8 Å². The molecule has 1 saturated heterocycles. The molecule has 1 aromatic carbocycles. The van der Waals surface area contributed by atoms with Crippen molar-refractivity contribution in [3.8, 4) is 0 Å². The number of rotatable bonds is 3. The number of imidazole rings is 1. The van der Waals surface area contributed by atoms with Crippen LogP contribution < -0.4 is 10.2 Å². The first-order chi connectivity index (χ1) is 11.0. The molecule has 0 amide bonds. The normalized spacial score (nSPS) is 18.6. The maximum absolute atomic E-state index is 11.5. The number of hydrogen-bond acceptors (Lipinski definition) is 5. The van der Waals surface area contributed by atoms with Crippen molar-refractivity contribution in [2.24, 2.45) is 0 Å². The number of piperazine rings is 1. The van der Waals surface area contributed by atoms with Crippen molar-refractivity contribution in [1.29, 1.82) is 0 Å². The fraction of sp³-hybridized carbons (Fsp3) is 0.500. The molecule has 1 atom stereocenters. The average molecular weight is 447 g/mol. The van der Waals surface area contributed by atoms with E-state index in [2.05, 4.69) is 54.0 Å². The zero-order valence-electron chi connectivity index (χ0n) is 12.8. The van der Waals surface area contributed by atoms with Gasteiger partial charge in [-0.1, -0.05) is 0 Å². The Labute approximate surface area is 150 Å². The standard InChI is InChI=1S/C14H17Br2N5O2/c1-3-19-10-6-9(15)11(16)13(21(22)23)12(10)18-14(19)20-5-4-17-7-8(20)2/h6,8,17H,3-5,7H2,1-2H3. The van der Waals surface area contributed by atoms with Crippen LogP contribution in [0.1, 0.15) is 13.8 Å². The SMILES string of the molecule is CCn1c(N2CCNCC2C)nc2c([N+](=O)[O-])c(Br)c(Br)cc21. The van der Waals surface area contributed by atoms with Crippen molar-refractivity contribution in [3.05, 3.63) is 25.1 Å². The van der Waals surface area contributed by atoms with Crippen molar-refractivity contribution in [2.75, 3.05) is 24.5 Å². The summed E-state index contributed by atoms with van der Waals surface area (Å²) in [5.74, 6) is 0.796. The second kappa shape index (κ2) is 6.37. The number of aryl methyl sites for hydroxylation is 1. The van der Waals surface area contributed by atoms with Crippen LogP contribution in [0.3, 0.4) is 0 Å². The molecule has 1 N–H and O–H groups in total. The third-order valence-corrected chi connectivity index (χ3v) is 6.11. The molecule has 0 saturated carbocycles. The molecule has 1 unspecified atom stereocenters. The Morgan fingerprint density at radius 1 is 1.52 bits per heavy atom. The zero-order chi connectivity index (χ0) is 16.7. The van der Waals surface area contributed by atoms with Crippen LogP contribution >= 0.6 is 31.9 Å². The summed E-state index contributed by atoms with van der Waals surface area (Å²) in [7, 11) is 0. The van der Waals surface area contributed by atoms with Crippen LogP contribution in [0.25, 0.3) is 11.0 Å². The van der Waals surface area contributed by atoms with Gasteiger partial charge in [-0.25, -0.2) is 4.98 Å². The fourth-order valence-electron chi connectivity index (χ4n) is 3.01. The minimum absolute atomic E-state index is 0.00520. The number of nitrogens with zero attached hydrogens (tertiary/aromatic N) is 4. The highest BCUT2D eigenvalue weighted by atomic mass is 79.9. The van der Waals surface area contributed by atoms with Gasteiger partial charge in [0.05, 0.1) is 10.4 Å². The quantitative estimate of drug-likeness (QED) is 0.578. The molecule has 0 aliphatic carbocycles. The molecule has 1 fully saturated rings. The number of halogens is 2. The Kier molecular flexibility index (Phi) is 4.61. The lowest BCUT2D eigenvalue weighted by atomic mass is 10.2. The lowest BCUT2D eigenvalue weighted by molar-refractivity contribution is -0.384. The Hall–Kier alpha value is -1.19. The van der Waals surface area contributed by atoms with Crippen LogP contribution in [-0.4, -0.2) is 40.2 Å². The van der Waals surface area contributed by atoms with Gasteiger partial charge < -0.3 is 14.8 Å². The van der Waals surface area contributed by atoms with E-state index < -0.39 is 0 Å². The highest BCUT2D eigenvalue weighted by Gasteiger charge is 2.29. The summed E-state index contributed by atoms with van der Waals surface area (Å²) >= 11 is 6.70. The van der Waals surface area contributed by atoms with E-state index in [9.17, 15) is 10.1 Å². The predicted octanol–water partition coefficient (Wildman–Crippen LogP) is 3.29. The third kappa shape index (κ3) is 2.74. The first-order valence-corrected chi connectivity index (χ1v) is 9.04. The van der Waals surface area contributed by atoms with Crippen LogP contribution in [0, 0.1) is 10.1 Å². The second-order valence-corrected chi connectivity index (χ2v) is 7.20. The van der Waals surface area contributed by atoms with E-state index in [1.165, 1.54) is 0 Å². The van der Waals surface area contributed by atoms with Gasteiger partial charge in [-0.2, -0.15) is 0 Å². The summed E-state index contributed by atoms with van der Waals surface area (Å²) < 4.78 is 3.13. The van der Waals surface area contributed by atoms with Crippen molar-refractivity contribution >= 4 is 54.5 Å². The van der Waals surface area contributed by atoms with Crippen LogP contribution in [0.4, 0.5) is 11.6 Å². The number of nitro benzene ring substituents is 1. The van der Waals surface area contributed by atoms with Crippen molar-refractivity contribution in [3.63, 3.8) is 0 Å². The fourth-order valence-corrected chi connectivity index (χ4v) is 3.86. The van der Waals surface area contributed by atoms with Crippen molar-refractivity contribution < 1.29 is 4.92 Å². The van der Waals surface area contributed by atoms with Crippen LogP contribution in [-0.2, 0) is 6.54 Å². The molecule has 9 heteroatoms. The maximum Gasteiger partial charge on any atom is 0.312 e. The molecule has 1 aliphatic heterocycles. The molecule has 0 radical (unpaired) electrons. The predicted molar refractivity (Wildman–Crippen MR) is 97.1 cm³/mol. The monoisotopic (exact) mass is 445 g/mol. The van der Waals surface area contributed by atoms with Gasteiger partial charge in [-0.3, -0.25) is 10.1 Å². The molecule has 0 spiro atoms. The highest BCUT2D eigenvalue weighted by Crippen LogP contribution is 2.40. The summed E-state index contributed by atoms with van der Waals surface area (Å²) in [6.45, 7) is 7.45. The van der Waals surface area contributed by atoms with Crippen LogP contribution in [0.2, 0.25) is 0 Å². The molecule has 1 aromatic heterocycles. The Morgan fingerprint density at radius 3 is 2.87 bits per heavy atom. The van der Waals surface area contributed by atoms with Gasteiger partial charge in [0.15, 0.2) is 5.52 Å². The number of aromatic nitrogens is 2. The number of anilines is 1. The smallest absolute Gasteiger partial charge is 0.312 e. The van der Waals surface area contributed by atoms with Gasteiger partial charge in [-0.15, -0.1) is 0 Å². The lowest BCUT2D eigenvalue weighted by Crippen LogP contribution is -2.50. The molecule has 1 aliphatic rings. The number of benzene rings is 1. The summed E-state index contributed by atoms with van der Waals surface area (Å²) in [5.41, 5.74) is 1.20. The molecule has 3 rings (SSSR count). The average Bonchev–Trinajstić information content (AvgIpc) is 2.85. The minimum atomic E-state index is -0.380. The number of fused-ring (bicyclic) bond motifs is 1. The zero-order valence-corrected chi connectivity index (χ0v) is 16.0. The second-order valence-electron chi connectivity index (χ2n) is 5.55. The van der Waals surface area contributed by atoms with E-state index in [0.717, 1.165) is 31.1 Å². The van der Waals surface area contributed by atoms with E-state index in [0.29, 0.717) is 21.0 Å². The molecule has 7 nitrogen and oxygen atoms in total.